The Morgan fingerprint density at radius 3 is 2.37 bits per heavy atom. The molecule has 7 heteroatoms. The third-order valence-corrected chi connectivity index (χ3v) is 5.40. The van der Waals surface area contributed by atoms with Gasteiger partial charge in [0.25, 0.3) is 5.91 Å². The van der Waals surface area contributed by atoms with E-state index in [2.05, 4.69) is 24.1 Å². The van der Waals surface area contributed by atoms with Crippen molar-refractivity contribution in [1.29, 1.82) is 0 Å². The lowest BCUT2D eigenvalue weighted by Crippen LogP contribution is -2.46. The van der Waals surface area contributed by atoms with Crippen molar-refractivity contribution in [1.82, 2.24) is 15.1 Å². The largest absolute Gasteiger partial charge is 0.390 e. The number of benzene rings is 1. The first-order valence-electron chi connectivity index (χ1n) is 9.54. The SMILES string of the molecule is CC(C)c1ccc([C@@]2(C)NC(=O)N(C[C@@H](O)CN3CCOCC3)C2=O)cc1. The third kappa shape index (κ3) is 4.15. The van der Waals surface area contributed by atoms with Crippen LogP contribution in [0.4, 0.5) is 4.79 Å². The van der Waals surface area contributed by atoms with E-state index in [1.54, 1.807) is 6.92 Å². The topological polar surface area (TPSA) is 82.1 Å². The first-order chi connectivity index (χ1) is 12.8. The average Bonchev–Trinajstić information content (AvgIpc) is 2.86. The molecule has 27 heavy (non-hydrogen) atoms. The highest BCUT2D eigenvalue weighted by Crippen LogP contribution is 2.30. The first kappa shape index (κ1) is 19.8. The van der Waals surface area contributed by atoms with Crippen molar-refractivity contribution in [2.45, 2.75) is 38.3 Å². The lowest BCUT2D eigenvalue weighted by molar-refractivity contribution is -0.132. The average molecular weight is 375 g/mol. The number of urea groups is 1. The lowest BCUT2D eigenvalue weighted by atomic mass is 9.90. The highest BCUT2D eigenvalue weighted by molar-refractivity contribution is 6.07. The Morgan fingerprint density at radius 2 is 1.78 bits per heavy atom. The molecule has 0 aliphatic carbocycles. The van der Waals surface area contributed by atoms with Crippen LogP contribution in [-0.2, 0) is 15.1 Å². The Bertz CT molecular complexity index is 685. The standard InChI is InChI=1S/C20H29N3O4/c1-14(2)15-4-6-16(7-5-15)20(3)18(25)23(19(26)21-20)13-17(24)12-22-8-10-27-11-9-22/h4-7,14,17,24H,8-13H2,1-3H3,(H,21,26)/t17-,20+/m0/s1. The van der Waals surface area contributed by atoms with Gasteiger partial charge in [-0.05, 0) is 24.0 Å². The van der Waals surface area contributed by atoms with E-state index in [9.17, 15) is 14.7 Å². The van der Waals surface area contributed by atoms with Crippen molar-refractivity contribution in [3.05, 3.63) is 35.4 Å². The maximum absolute atomic E-state index is 13.0. The molecule has 2 fully saturated rings. The minimum atomic E-state index is -1.11. The summed E-state index contributed by atoms with van der Waals surface area (Å²) < 4.78 is 5.30. The van der Waals surface area contributed by atoms with Crippen LogP contribution in [-0.4, -0.2) is 72.3 Å². The predicted molar refractivity (Wildman–Crippen MR) is 101 cm³/mol. The molecule has 0 saturated carbocycles. The van der Waals surface area contributed by atoms with Crippen LogP contribution < -0.4 is 5.32 Å². The monoisotopic (exact) mass is 375 g/mol. The second kappa shape index (κ2) is 7.96. The molecule has 0 unspecified atom stereocenters. The van der Waals surface area contributed by atoms with Crippen LogP contribution in [0.25, 0.3) is 0 Å². The number of nitrogens with zero attached hydrogens (tertiary/aromatic N) is 2. The number of ether oxygens (including phenoxy) is 1. The molecule has 3 amide bonds. The van der Waals surface area contributed by atoms with Gasteiger partial charge in [0.2, 0.25) is 0 Å². The van der Waals surface area contributed by atoms with Crippen molar-refractivity contribution in [2.24, 2.45) is 0 Å². The van der Waals surface area contributed by atoms with E-state index < -0.39 is 17.7 Å². The molecule has 2 atom stereocenters. The summed E-state index contributed by atoms with van der Waals surface area (Å²) >= 11 is 0. The van der Waals surface area contributed by atoms with E-state index in [1.807, 2.05) is 24.3 Å². The molecule has 148 valence electrons. The van der Waals surface area contributed by atoms with Gasteiger partial charge >= 0.3 is 6.03 Å². The molecular formula is C20H29N3O4. The highest BCUT2D eigenvalue weighted by atomic mass is 16.5. The van der Waals surface area contributed by atoms with Crippen molar-refractivity contribution < 1.29 is 19.4 Å². The number of morpholine rings is 1. The minimum absolute atomic E-state index is 0.0122. The number of carbonyl (C=O) groups excluding carboxylic acids is 2. The van der Waals surface area contributed by atoms with E-state index in [4.69, 9.17) is 4.74 Å². The van der Waals surface area contributed by atoms with E-state index in [0.29, 0.717) is 25.7 Å². The normalized spacial score (nSPS) is 25.1. The number of rotatable bonds is 6. The van der Waals surface area contributed by atoms with Crippen molar-refractivity contribution in [2.75, 3.05) is 39.4 Å². The second-order valence-corrected chi connectivity index (χ2v) is 7.81. The Hall–Kier alpha value is -1.96. The molecule has 1 aromatic carbocycles. The number of hydrogen-bond acceptors (Lipinski definition) is 5. The summed E-state index contributed by atoms with van der Waals surface area (Å²) in [6, 6.07) is 7.29. The number of amides is 3. The van der Waals surface area contributed by atoms with Crippen LogP contribution in [0.15, 0.2) is 24.3 Å². The Morgan fingerprint density at radius 1 is 1.15 bits per heavy atom. The quantitative estimate of drug-likeness (QED) is 0.732. The highest BCUT2D eigenvalue weighted by Gasteiger charge is 2.49. The molecule has 0 bridgehead atoms. The molecule has 0 aromatic heterocycles. The van der Waals surface area contributed by atoms with E-state index >= 15 is 0 Å². The van der Waals surface area contributed by atoms with E-state index in [-0.39, 0.29) is 12.5 Å². The fourth-order valence-corrected chi connectivity index (χ4v) is 3.61. The summed E-state index contributed by atoms with van der Waals surface area (Å²) in [7, 11) is 0. The van der Waals surface area contributed by atoms with E-state index in [0.717, 1.165) is 23.6 Å². The molecule has 2 aliphatic rings. The van der Waals surface area contributed by atoms with Gasteiger partial charge in [-0.1, -0.05) is 38.1 Å². The molecule has 2 aliphatic heterocycles. The van der Waals surface area contributed by atoms with Crippen molar-refractivity contribution in [3.8, 4) is 0 Å². The van der Waals surface area contributed by atoms with Gasteiger partial charge in [-0.25, -0.2) is 4.79 Å². The fourth-order valence-electron chi connectivity index (χ4n) is 3.61. The van der Waals surface area contributed by atoms with Crippen LogP contribution >= 0.6 is 0 Å². The summed E-state index contributed by atoms with van der Waals surface area (Å²) in [4.78, 5) is 28.6. The molecule has 3 rings (SSSR count). The summed E-state index contributed by atoms with van der Waals surface area (Å²) in [5.74, 6) is 0.0679. The fraction of sp³-hybridized carbons (Fsp3) is 0.600. The Kier molecular flexibility index (Phi) is 5.83. The zero-order valence-corrected chi connectivity index (χ0v) is 16.3. The molecule has 1 aromatic rings. The Labute approximate surface area is 160 Å². The number of aliphatic hydroxyl groups excluding tert-OH is 1. The number of β-amino-alcohol motifs (C(OH)–C–C–N with tert-alkyl or cyclic N) is 1. The number of aliphatic hydroxyl groups is 1. The van der Waals surface area contributed by atoms with Gasteiger partial charge in [0.05, 0.1) is 25.9 Å². The summed E-state index contributed by atoms with van der Waals surface area (Å²) in [6.45, 7) is 9.11. The zero-order chi connectivity index (χ0) is 19.6. The molecule has 0 spiro atoms. The van der Waals surface area contributed by atoms with Crippen LogP contribution in [0.1, 0.15) is 37.8 Å². The minimum Gasteiger partial charge on any atom is -0.390 e. The third-order valence-electron chi connectivity index (χ3n) is 5.40. The second-order valence-electron chi connectivity index (χ2n) is 7.81. The molecular weight excluding hydrogens is 346 g/mol. The molecule has 2 saturated heterocycles. The Balaban J connectivity index is 1.68. The van der Waals surface area contributed by atoms with Crippen LogP contribution in [0.2, 0.25) is 0 Å². The van der Waals surface area contributed by atoms with Gasteiger partial charge in [-0.15, -0.1) is 0 Å². The van der Waals surface area contributed by atoms with Gasteiger partial charge in [-0.2, -0.15) is 0 Å². The number of imide groups is 1. The molecule has 0 radical (unpaired) electrons. The van der Waals surface area contributed by atoms with Crippen molar-refractivity contribution in [3.63, 3.8) is 0 Å². The number of carbonyl (C=O) groups is 2. The van der Waals surface area contributed by atoms with Gasteiger partial charge in [0.15, 0.2) is 0 Å². The maximum atomic E-state index is 13.0. The summed E-state index contributed by atoms with van der Waals surface area (Å²) in [5, 5.41) is 13.2. The predicted octanol–water partition coefficient (Wildman–Crippen LogP) is 1.27. The van der Waals surface area contributed by atoms with Crippen molar-refractivity contribution >= 4 is 11.9 Å². The molecule has 2 heterocycles. The summed E-state index contributed by atoms with van der Waals surface area (Å²) in [5.41, 5.74) is 0.818. The smallest absolute Gasteiger partial charge is 0.325 e. The molecule has 2 N–H and O–H groups in total. The van der Waals surface area contributed by atoms with Crippen LogP contribution in [0.3, 0.4) is 0 Å². The molecule has 7 nitrogen and oxygen atoms in total. The van der Waals surface area contributed by atoms with Crippen LogP contribution in [0.5, 0.6) is 0 Å². The first-order valence-corrected chi connectivity index (χ1v) is 9.54. The summed E-state index contributed by atoms with van der Waals surface area (Å²) in [6.07, 6.45) is -0.788. The lowest BCUT2D eigenvalue weighted by Gasteiger charge is -2.29. The van der Waals surface area contributed by atoms with E-state index in [1.165, 1.54) is 5.56 Å². The van der Waals surface area contributed by atoms with Crippen LogP contribution in [0, 0.1) is 0 Å². The number of nitrogens with one attached hydrogen (secondary N) is 1. The van der Waals surface area contributed by atoms with Gasteiger partial charge in [-0.3, -0.25) is 14.6 Å². The maximum Gasteiger partial charge on any atom is 0.325 e. The zero-order valence-electron chi connectivity index (χ0n) is 16.3. The van der Waals surface area contributed by atoms with Gasteiger partial charge in [0.1, 0.15) is 5.54 Å². The van der Waals surface area contributed by atoms with Gasteiger partial charge in [0, 0.05) is 19.6 Å². The number of hydrogen-bond donors (Lipinski definition) is 2. The van der Waals surface area contributed by atoms with Gasteiger partial charge < -0.3 is 15.2 Å².